The maximum absolute atomic E-state index is 12.2. The van der Waals surface area contributed by atoms with Crippen molar-refractivity contribution in [1.82, 2.24) is 0 Å². The lowest BCUT2D eigenvalue weighted by molar-refractivity contribution is -0.111. The highest BCUT2D eigenvalue weighted by Crippen LogP contribution is 2.33. The minimum absolute atomic E-state index is 0.295. The first-order chi connectivity index (χ1) is 11.2. The molecule has 2 aromatic carbocycles. The fourth-order valence-corrected chi connectivity index (χ4v) is 4.63. The summed E-state index contributed by atoms with van der Waals surface area (Å²) in [6, 6.07) is 21.0. The van der Waals surface area contributed by atoms with Crippen LogP contribution in [0.3, 0.4) is 0 Å². The minimum Gasteiger partial charge on any atom is -0.287 e. The molecule has 0 N–H and O–H groups in total. The zero-order chi connectivity index (χ0) is 16.1. The SMILES string of the molecule is C[C@H](CC(=O)SCCc1ccccc1)c1cc2ccccc2s1. The number of thioether (sulfide) groups is 1. The predicted octanol–water partition coefficient (Wildman–Crippen LogP) is 5.90. The summed E-state index contributed by atoms with van der Waals surface area (Å²) in [6.07, 6.45) is 1.57. The van der Waals surface area contributed by atoms with E-state index in [9.17, 15) is 4.79 Å². The van der Waals surface area contributed by atoms with Crippen LogP contribution in [0.2, 0.25) is 0 Å². The summed E-state index contributed by atoms with van der Waals surface area (Å²) in [6.45, 7) is 2.15. The first kappa shape index (κ1) is 16.3. The molecule has 0 amide bonds. The van der Waals surface area contributed by atoms with Crippen LogP contribution in [0.1, 0.15) is 29.7 Å². The zero-order valence-electron chi connectivity index (χ0n) is 13.2. The van der Waals surface area contributed by atoms with Gasteiger partial charge in [-0.3, -0.25) is 4.79 Å². The summed E-state index contributed by atoms with van der Waals surface area (Å²) < 4.78 is 1.30. The Hall–Kier alpha value is -1.58. The second kappa shape index (κ2) is 7.80. The number of benzene rings is 2. The maximum Gasteiger partial charge on any atom is 0.189 e. The number of carbonyl (C=O) groups excluding carboxylic acids is 1. The molecule has 0 spiro atoms. The van der Waals surface area contributed by atoms with Crippen molar-refractivity contribution in [3.63, 3.8) is 0 Å². The fraction of sp³-hybridized carbons (Fsp3) is 0.250. The third-order valence-electron chi connectivity index (χ3n) is 3.90. The topological polar surface area (TPSA) is 17.1 Å². The second-order valence-corrected chi connectivity index (χ2v) is 8.02. The van der Waals surface area contributed by atoms with E-state index in [1.165, 1.54) is 32.3 Å². The third-order valence-corrected chi connectivity index (χ3v) is 6.14. The van der Waals surface area contributed by atoms with Gasteiger partial charge in [0.25, 0.3) is 0 Å². The van der Waals surface area contributed by atoms with Crippen LogP contribution in [-0.2, 0) is 11.2 Å². The monoisotopic (exact) mass is 340 g/mol. The number of hydrogen-bond donors (Lipinski definition) is 0. The molecule has 0 saturated heterocycles. The number of aryl methyl sites for hydroxylation is 1. The van der Waals surface area contributed by atoms with Crippen LogP contribution in [0.15, 0.2) is 60.7 Å². The molecule has 1 atom stereocenters. The van der Waals surface area contributed by atoms with Crippen LogP contribution in [0.25, 0.3) is 10.1 Å². The van der Waals surface area contributed by atoms with Gasteiger partial charge in [0, 0.05) is 21.8 Å². The molecule has 3 aromatic rings. The quantitative estimate of drug-likeness (QED) is 0.556. The van der Waals surface area contributed by atoms with Crippen LogP contribution in [0, 0.1) is 0 Å². The summed E-state index contributed by atoms with van der Waals surface area (Å²) in [5, 5.41) is 1.58. The summed E-state index contributed by atoms with van der Waals surface area (Å²) in [7, 11) is 0. The molecule has 0 unspecified atom stereocenters. The minimum atomic E-state index is 0.295. The largest absolute Gasteiger partial charge is 0.287 e. The van der Waals surface area contributed by atoms with Crippen LogP contribution < -0.4 is 0 Å². The van der Waals surface area contributed by atoms with Crippen LogP contribution in [0.4, 0.5) is 0 Å². The zero-order valence-corrected chi connectivity index (χ0v) is 14.8. The Morgan fingerprint density at radius 2 is 1.83 bits per heavy atom. The van der Waals surface area contributed by atoms with Crippen molar-refractivity contribution in [3.05, 3.63) is 71.1 Å². The lowest BCUT2D eigenvalue weighted by Crippen LogP contribution is -2.01. The normalized spacial score (nSPS) is 12.4. The number of thiophene rings is 1. The molecular weight excluding hydrogens is 320 g/mol. The van der Waals surface area contributed by atoms with Crippen molar-refractivity contribution in [2.45, 2.75) is 25.7 Å². The van der Waals surface area contributed by atoms with E-state index in [2.05, 4.69) is 49.4 Å². The summed E-state index contributed by atoms with van der Waals surface area (Å²) in [4.78, 5) is 13.5. The van der Waals surface area contributed by atoms with Crippen molar-refractivity contribution in [2.75, 3.05) is 5.75 Å². The first-order valence-corrected chi connectivity index (χ1v) is 9.70. The Bertz CT molecular complexity index is 743. The fourth-order valence-electron chi connectivity index (χ4n) is 2.58. The number of fused-ring (bicyclic) bond motifs is 1. The van der Waals surface area contributed by atoms with Gasteiger partial charge < -0.3 is 0 Å². The van der Waals surface area contributed by atoms with Gasteiger partial charge in [0.2, 0.25) is 0 Å². The number of carbonyl (C=O) groups is 1. The highest BCUT2D eigenvalue weighted by Gasteiger charge is 2.14. The Labute approximate surface area is 145 Å². The van der Waals surface area contributed by atoms with Crippen molar-refractivity contribution < 1.29 is 4.79 Å². The van der Waals surface area contributed by atoms with E-state index in [1.807, 2.05) is 18.2 Å². The van der Waals surface area contributed by atoms with E-state index < -0.39 is 0 Å². The van der Waals surface area contributed by atoms with E-state index in [1.54, 1.807) is 11.3 Å². The van der Waals surface area contributed by atoms with Crippen LogP contribution >= 0.6 is 23.1 Å². The van der Waals surface area contributed by atoms with Crippen molar-refractivity contribution in [3.8, 4) is 0 Å². The van der Waals surface area contributed by atoms with Gasteiger partial charge in [-0.2, -0.15) is 0 Å². The average Bonchev–Trinajstić information content (AvgIpc) is 3.00. The van der Waals surface area contributed by atoms with E-state index in [0.717, 1.165) is 12.2 Å². The van der Waals surface area contributed by atoms with Gasteiger partial charge in [-0.05, 0) is 35.4 Å². The molecule has 23 heavy (non-hydrogen) atoms. The van der Waals surface area contributed by atoms with E-state index >= 15 is 0 Å². The average molecular weight is 341 g/mol. The van der Waals surface area contributed by atoms with Crippen molar-refractivity contribution >= 4 is 38.3 Å². The van der Waals surface area contributed by atoms with Gasteiger partial charge in [0.1, 0.15) is 0 Å². The van der Waals surface area contributed by atoms with E-state index in [4.69, 9.17) is 0 Å². The lowest BCUT2D eigenvalue weighted by Gasteiger charge is -2.08. The van der Waals surface area contributed by atoms with Gasteiger partial charge in [-0.25, -0.2) is 0 Å². The maximum atomic E-state index is 12.2. The Balaban J connectivity index is 1.51. The molecule has 1 aromatic heterocycles. The molecule has 0 aliphatic rings. The molecule has 3 heteroatoms. The first-order valence-electron chi connectivity index (χ1n) is 7.90. The molecule has 1 heterocycles. The van der Waals surface area contributed by atoms with Gasteiger partial charge in [-0.1, -0.05) is 67.2 Å². The molecule has 0 aliphatic carbocycles. The van der Waals surface area contributed by atoms with E-state index in [-0.39, 0.29) is 0 Å². The highest BCUT2D eigenvalue weighted by molar-refractivity contribution is 8.13. The molecule has 0 bridgehead atoms. The van der Waals surface area contributed by atoms with Gasteiger partial charge in [0.15, 0.2) is 5.12 Å². The van der Waals surface area contributed by atoms with Crippen molar-refractivity contribution in [2.24, 2.45) is 0 Å². The van der Waals surface area contributed by atoms with E-state index in [0.29, 0.717) is 17.5 Å². The van der Waals surface area contributed by atoms with Crippen molar-refractivity contribution in [1.29, 1.82) is 0 Å². The molecule has 0 saturated carbocycles. The van der Waals surface area contributed by atoms with Gasteiger partial charge in [-0.15, -0.1) is 11.3 Å². The molecular formula is C20H20OS2. The lowest BCUT2D eigenvalue weighted by atomic mass is 10.1. The number of rotatable bonds is 6. The smallest absolute Gasteiger partial charge is 0.189 e. The summed E-state index contributed by atoms with van der Waals surface area (Å²) in [5.41, 5.74) is 1.30. The van der Waals surface area contributed by atoms with Gasteiger partial charge in [0.05, 0.1) is 0 Å². The standard InChI is InChI=1S/C20H20OS2/c1-15(19-14-17-9-5-6-10-18(17)23-19)13-20(21)22-12-11-16-7-3-2-4-8-16/h2-10,14-15H,11-13H2,1H3/t15-/m1/s1. The molecule has 3 rings (SSSR count). The highest BCUT2D eigenvalue weighted by atomic mass is 32.2. The predicted molar refractivity (Wildman–Crippen MR) is 102 cm³/mol. The van der Waals surface area contributed by atoms with Gasteiger partial charge >= 0.3 is 0 Å². The Morgan fingerprint density at radius 1 is 1.09 bits per heavy atom. The molecule has 0 aliphatic heterocycles. The van der Waals surface area contributed by atoms with Crippen LogP contribution in [0.5, 0.6) is 0 Å². The van der Waals surface area contributed by atoms with Crippen LogP contribution in [-0.4, -0.2) is 10.9 Å². The Morgan fingerprint density at radius 3 is 2.61 bits per heavy atom. The molecule has 1 nitrogen and oxygen atoms in total. The molecule has 0 radical (unpaired) electrons. The Kier molecular flexibility index (Phi) is 5.52. The third kappa shape index (κ3) is 4.46. The molecule has 0 fully saturated rings. The summed E-state index contributed by atoms with van der Waals surface area (Å²) >= 11 is 3.27. The second-order valence-electron chi connectivity index (χ2n) is 5.75. The summed E-state index contributed by atoms with van der Waals surface area (Å²) in [5.74, 6) is 1.16. The number of hydrogen-bond acceptors (Lipinski definition) is 3. The molecule has 118 valence electrons.